The number of benzene rings is 1. The monoisotopic (exact) mass is 363 g/mol. The van der Waals surface area contributed by atoms with E-state index in [1.807, 2.05) is 26.0 Å². The average Bonchev–Trinajstić information content (AvgIpc) is 2.44. The molecule has 1 aliphatic heterocycles. The fraction of sp³-hybridized carbons (Fsp3) is 0.579. The van der Waals surface area contributed by atoms with Crippen LogP contribution in [0, 0.1) is 12.8 Å². The van der Waals surface area contributed by atoms with Gasteiger partial charge in [-0.05, 0) is 43.6 Å². The molecule has 0 unspecified atom stereocenters. The Labute approximate surface area is 151 Å². The van der Waals surface area contributed by atoms with E-state index in [4.69, 9.17) is 9.16 Å². The topological polar surface area (TPSA) is 64.6 Å². The second-order valence-electron chi connectivity index (χ2n) is 8.26. The molecule has 0 spiro atoms. The molecule has 5 nitrogen and oxygen atoms in total. The zero-order valence-corrected chi connectivity index (χ0v) is 17.2. The second kappa shape index (κ2) is 6.92. The van der Waals surface area contributed by atoms with Gasteiger partial charge < -0.3 is 14.5 Å². The van der Waals surface area contributed by atoms with Gasteiger partial charge in [-0.15, -0.1) is 0 Å². The molecule has 1 saturated heterocycles. The largest absolute Gasteiger partial charge is 0.437 e. The molecule has 0 saturated carbocycles. The van der Waals surface area contributed by atoms with E-state index in [0.717, 1.165) is 5.56 Å². The summed E-state index contributed by atoms with van der Waals surface area (Å²) in [5.74, 6) is -1.02. The van der Waals surface area contributed by atoms with Crippen LogP contribution < -0.4 is 5.32 Å². The summed E-state index contributed by atoms with van der Waals surface area (Å²) in [4.78, 5) is 24.4. The zero-order chi connectivity index (χ0) is 19.0. The highest BCUT2D eigenvalue weighted by Crippen LogP contribution is 2.39. The minimum atomic E-state index is -2.01. The molecular weight excluding hydrogens is 334 g/mol. The van der Waals surface area contributed by atoms with Crippen molar-refractivity contribution in [2.24, 2.45) is 5.92 Å². The highest BCUT2D eigenvalue weighted by Gasteiger charge is 2.49. The third-order valence-electron chi connectivity index (χ3n) is 5.30. The van der Waals surface area contributed by atoms with Crippen molar-refractivity contribution in [1.29, 1.82) is 0 Å². The molecule has 1 aliphatic rings. The molecule has 138 valence electrons. The summed E-state index contributed by atoms with van der Waals surface area (Å²) in [6, 6.07) is 7.25. The lowest BCUT2D eigenvalue weighted by molar-refractivity contribution is -0.154. The summed E-state index contributed by atoms with van der Waals surface area (Å²) >= 11 is 0. The van der Waals surface area contributed by atoms with Crippen molar-refractivity contribution >= 4 is 20.2 Å². The summed E-state index contributed by atoms with van der Waals surface area (Å²) < 4.78 is 11.8. The van der Waals surface area contributed by atoms with Gasteiger partial charge in [0.15, 0.2) is 14.5 Å². The van der Waals surface area contributed by atoms with E-state index in [1.54, 1.807) is 12.1 Å². The first-order chi connectivity index (χ1) is 11.4. The summed E-state index contributed by atoms with van der Waals surface area (Å²) in [6.45, 7) is 14.5. The van der Waals surface area contributed by atoms with Gasteiger partial charge in [-0.1, -0.05) is 39.0 Å². The fourth-order valence-corrected chi connectivity index (χ4v) is 4.05. The molecule has 6 heteroatoms. The van der Waals surface area contributed by atoms with Gasteiger partial charge in [0.2, 0.25) is 5.91 Å². The first-order valence-electron chi connectivity index (χ1n) is 8.69. The molecule has 0 radical (unpaired) electrons. The van der Waals surface area contributed by atoms with Crippen LogP contribution in [0.15, 0.2) is 24.3 Å². The van der Waals surface area contributed by atoms with E-state index < -0.39 is 26.4 Å². The minimum Gasteiger partial charge on any atom is -0.437 e. The number of β-lactam (4-membered cyclic amide) rings is 1. The predicted molar refractivity (Wildman–Crippen MR) is 99.8 cm³/mol. The van der Waals surface area contributed by atoms with Crippen molar-refractivity contribution in [2.45, 2.75) is 65.1 Å². The van der Waals surface area contributed by atoms with Crippen LogP contribution in [0.2, 0.25) is 18.1 Å². The maximum absolute atomic E-state index is 12.4. The number of nitrogens with one attached hydrogen (secondary N) is 1. The van der Waals surface area contributed by atoms with Gasteiger partial charge in [-0.25, -0.2) is 4.79 Å². The maximum atomic E-state index is 12.4. The number of carbonyl (C=O) groups excluding carboxylic acids is 2. The van der Waals surface area contributed by atoms with Crippen LogP contribution in [-0.2, 0) is 14.0 Å². The molecule has 0 bridgehead atoms. The highest BCUT2D eigenvalue weighted by molar-refractivity contribution is 6.74. The number of aryl methyl sites for hydroxylation is 1. The second-order valence-corrected chi connectivity index (χ2v) is 13.0. The van der Waals surface area contributed by atoms with E-state index in [0.29, 0.717) is 5.56 Å². The number of amides is 1. The predicted octanol–water partition coefficient (Wildman–Crippen LogP) is 3.63. The van der Waals surface area contributed by atoms with Gasteiger partial charge in [-0.2, -0.15) is 0 Å². The lowest BCUT2D eigenvalue weighted by atomic mass is 9.93. The summed E-state index contributed by atoms with van der Waals surface area (Å²) in [7, 11) is -2.01. The van der Waals surface area contributed by atoms with E-state index in [9.17, 15) is 9.59 Å². The number of ether oxygens (including phenoxy) is 1. The van der Waals surface area contributed by atoms with E-state index in [-0.39, 0.29) is 17.0 Å². The number of rotatable bonds is 5. The van der Waals surface area contributed by atoms with Crippen molar-refractivity contribution in [3.63, 3.8) is 0 Å². The molecule has 0 aliphatic carbocycles. The van der Waals surface area contributed by atoms with Crippen LogP contribution in [0.25, 0.3) is 0 Å². The molecule has 1 aromatic carbocycles. The smallest absolute Gasteiger partial charge is 0.340 e. The average molecular weight is 364 g/mol. The van der Waals surface area contributed by atoms with Crippen molar-refractivity contribution < 1.29 is 18.8 Å². The third kappa shape index (κ3) is 4.12. The van der Waals surface area contributed by atoms with Crippen LogP contribution >= 0.6 is 0 Å². The van der Waals surface area contributed by atoms with Crippen LogP contribution in [-0.4, -0.2) is 32.5 Å². The number of esters is 1. The lowest BCUT2D eigenvalue weighted by Crippen LogP contribution is -2.65. The van der Waals surface area contributed by atoms with Crippen LogP contribution in [0.5, 0.6) is 0 Å². The number of hydrogen-bond acceptors (Lipinski definition) is 4. The van der Waals surface area contributed by atoms with Crippen LogP contribution in [0.3, 0.4) is 0 Å². The van der Waals surface area contributed by atoms with E-state index >= 15 is 0 Å². The standard InChI is InChI=1S/C19H29NO4Si/c1-12-10-8-9-11-14(12)18(22)23-17-15(16(21)20-17)13(2)24-25(6,7)19(3,4)5/h8-11,13,15,17H,1-7H3,(H,20,21)/t13-,15-,17-/m1/s1. The van der Waals surface area contributed by atoms with Crippen molar-refractivity contribution in [3.8, 4) is 0 Å². The molecule has 1 N–H and O–H groups in total. The Morgan fingerprint density at radius 3 is 2.36 bits per heavy atom. The highest BCUT2D eigenvalue weighted by atomic mass is 28.4. The Morgan fingerprint density at radius 1 is 1.24 bits per heavy atom. The minimum absolute atomic E-state index is 0.0504. The molecule has 25 heavy (non-hydrogen) atoms. The van der Waals surface area contributed by atoms with Crippen molar-refractivity contribution in [3.05, 3.63) is 35.4 Å². The van der Waals surface area contributed by atoms with Gasteiger partial charge in [-0.3, -0.25) is 4.79 Å². The summed E-state index contributed by atoms with van der Waals surface area (Å²) in [5, 5.41) is 2.72. The quantitative estimate of drug-likeness (QED) is 0.493. The van der Waals surface area contributed by atoms with Gasteiger partial charge in [0.05, 0.1) is 11.7 Å². The first-order valence-corrected chi connectivity index (χ1v) is 11.6. The molecule has 3 atom stereocenters. The van der Waals surface area contributed by atoms with Crippen molar-refractivity contribution in [2.75, 3.05) is 0 Å². The number of hydrogen-bond donors (Lipinski definition) is 1. The first kappa shape index (κ1) is 19.7. The van der Waals surface area contributed by atoms with Gasteiger partial charge in [0.1, 0.15) is 5.92 Å². The van der Waals surface area contributed by atoms with Crippen molar-refractivity contribution in [1.82, 2.24) is 5.32 Å². The summed E-state index contributed by atoms with van der Waals surface area (Å²) in [6.07, 6.45) is -0.941. The molecule has 1 aromatic rings. The fourth-order valence-electron chi connectivity index (χ4n) is 2.63. The third-order valence-corrected chi connectivity index (χ3v) is 9.88. The molecule has 0 aromatic heterocycles. The maximum Gasteiger partial charge on any atom is 0.340 e. The van der Waals surface area contributed by atoms with Gasteiger partial charge in [0, 0.05) is 0 Å². The zero-order valence-electron chi connectivity index (χ0n) is 16.2. The Kier molecular flexibility index (Phi) is 5.44. The SMILES string of the molecule is Cc1ccccc1C(=O)O[C@H]1NC(=O)[C@H]1[C@@H](C)O[Si](C)(C)C(C)(C)C. The normalized spacial score (nSPS) is 22.0. The summed E-state index contributed by atoms with van der Waals surface area (Å²) in [5.41, 5.74) is 1.36. The number of carbonyl (C=O) groups is 2. The van der Waals surface area contributed by atoms with Crippen LogP contribution in [0.1, 0.15) is 43.6 Å². The molecular formula is C19H29NO4Si. The Balaban J connectivity index is 2.05. The Hall–Kier alpha value is -1.66. The Bertz CT molecular complexity index is 666. The van der Waals surface area contributed by atoms with Gasteiger partial charge in [0.25, 0.3) is 0 Å². The molecule has 1 fully saturated rings. The van der Waals surface area contributed by atoms with Crippen LogP contribution in [0.4, 0.5) is 0 Å². The Morgan fingerprint density at radius 2 is 1.84 bits per heavy atom. The van der Waals surface area contributed by atoms with Gasteiger partial charge >= 0.3 is 5.97 Å². The van der Waals surface area contributed by atoms with E-state index in [2.05, 4.69) is 39.2 Å². The molecule has 2 rings (SSSR count). The molecule has 1 amide bonds. The molecule has 1 heterocycles. The van der Waals surface area contributed by atoms with E-state index in [1.165, 1.54) is 0 Å². The lowest BCUT2D eigenvalue weighted by Gasteiger charge is -2.44.